The maximum Gasteiger partial charge on any atom is 0.306 e. The summed E-state index contributed by atoms with van der Waals surface area (Å²) in [5, 5.41) is 0. The van der Waals surface area contributed by atoms with Crippen molar-refractivity contribution in [2.75, 3.05) is 13.2 Å². The van der Waals surface area contributed by atoms with Gasteiger partial charge in [0, 0.05) is 19.3 Å². The molecule has 0 amide bonds. The molecule has 362 valence electrons. The smallest absolute Gasteiger partial charge is 0.306 e. The molecule has 0 radical (unpaired) electrons. The van der Waals surface area contributed by atoms with Gasteiger partial charge < -0.3 is 14.2 Å². The summed E-state index contributed by atoms with van der Waals surface area (Å²) in [6.07, 6.45) is 64.5. The van der Waals surface area contributed by atoms with Crippen LogP contribution in [0.15, 0.2) is 72.9 Å². The molecule has 0 aromatic rings. The molecule has 0 unspecified atom stereocenters. The molecular weight excluding hydrogens is 781 g/mol. The molecule has 0 aromatic carbocycles. The lowest BCUT2D eigenvalue weighted by molar-refractivity contribution is -0.167. The first kappa shape index (κ1) is 59.9. The first-order chi connectivity index (χ1) is 31.0. The number of allylic oxidation sites excluding steroid dienone is 12. The van der Waals surface area contributed by atoms with Crippen LogP contribution in [0, 0.1) is 0 Å². The van der Waals surface area contributed by atoms with Crippen molar-refractivity contribution in [3.63, 3.8) is 0 Å². The van der Waals surface area contributed by atoms with Gasteiger partial charge in [-0.25, -0.2) is 0 Å². The molecule has 0 fully saturated rings. The van der Waals surface area contributed by atoms with Crippen LogP contribution >= 0.6 is 0 Å². The first-order valence-corrected chi connectivity index (χ1v) is 26.4. The van der Waals surface area contributed by atoms with Crippen molar-refractivity contribution in [2.24, 2.45) is 0 Å². The van der Waals surface area contributed by atoms with Gasteiger partial charge in [0.15, 0.2) is 6.10 Å². The summed E-state index contributed by atoms with van der Waals surface area (Å²) < 4.78 is 16.8. The third-order valence-corrected chi connectivity index (χ3v) is 11.2. The largest absolute Gasteiger partial charge is 0.462 e. The summed E-state index contributed by atoms with van der Waals surface area (Å²) >= 11 is 0. The Labute approximate surface area is 389 Å². The SMILES string of the molecule is CC/C=C\C/C=C\C/C=C\C/C=C\CCCCCCC(=O)OC[C@H](COC(=O)CCCCCCC/C=C\CCCCCC)OC(=O)CCCCCCCCC/C=C\CCCCCC. The van der Waals surface area contributed by atoms with Crippen molar-refractivity contribution in [2.45, 2.75) is 258 Å². The highest BCUT2D eigenvalue weighted by Crippen LogP contribution is 2.14. The van der Waals surface area contributed by atoms with Crippen LogP contribution in [0.2, 0.25) is 0 Å². The van der Waals surface area contributed by atoms with Crippen LogP contribution in [0.1, 0.15) is 252 Å². The Balaban J connectivity index is 4.44. The topological polar surface area (TPSA) is 78.9 Å². The Kier molecular flexibility index (Phi) is 48.9. The molecule has 0 aliphatic carbocycles. The number of hydrogen-bond acceptors (Lipinski definition) is 6. The van der Waals surface area contributed by atoms with Crippen LogP contribution in [-0.4, -0.2) is 37.2 Å². The highest BCUT2D eigenvalue weighted by Gasteiger charge is 2.19. The maximum absolute atomic E-state index is 12.8. The zero-order valence-electron chi connectivity index (χ0n) is 41.3. The number of esters is 3. The van der Waals surface area contributed by atoms with Crippen molar-refractivity contribution in [3.05, 3.63) is 72.9 Å². The standard InChI is InChI=1S/C57H98O6/c1-4-7-10-13-16-19-22-25-27-28-30-32-35-38-41-44-47-50-56(59)62-53-54(52-61-55(58)49-46-43-40-37-34-31-24-21-18-15-12-9-6-3)63-57(60)51-48-45-42-39-36-33-29-26-23-20-17-14-11-8-5-2/h7,10,16,19-21,23-25,27,30,32,54H,4-6,8-9,11-15,17-18,22,26,28-29,31,33-53H2,1-3H3/b10-7-,19-16-,23-20-,24-21-,27-25-,32-30-/t54-/m0/s1. The zero-order chi connectivity index (χ0) is 45.8. The third kappa shape index (κ3) is 49.7. The summed E-state index contributed by atoms with van der Waals surface area (Å²) in [5.74, 6) is -0.924. The van der Waals surface area contributed by atoms with E-state index in [0.29, 0.717) is 19.3 Å². The van der Waals surface area contributed by atoms with Crippen LogP contribution in [0.3, 0.4) is 0 Å². The molecule has 0 N–H and O–H groups in total. The number of rotatable bonds is 47. The number of ether oxygens (including phenoxy) is 3. The average Bonchev–Trinajstić information content (AvgIpc) is 3.28. The fourth-order valence-electron chi connectivity index (χ4n) is 7.19. The van der Waals surface area contributed by atoms with Gasteiger partial charge >= 0.3 is 17.9 Å². The first-order valence-electron chi connectivity index (χ1n) is 26.4. The van der Waals surface area contributed by atoms with E-state index in [2.05, 4.69) is 93.7 Å². The number of carbonyl (C=O) groups excluding carboxylic acids is 3. The van der Waals surface area contributed by atoms with E-state index >= 15 is 0 Å². The summed E-state index contributed by atoms with van der Waals surface area (Å²) in [6, 6.07) is 0. The molecule has 0 spiro atoms. The fraction of sp³-hybridized carbons (Fsp3) is 0.737. The number of hydrogen-bond donors (Lipinski definition) is 0. The molecule has 63 heavy (non-hydrogen) atoms. The van der Waals surface area contributed by atoms with Crippen LogP contribution in [-0.2, 0) is 28.6 Å². The summed E-state index contributed by atoms with van der Waals surface area (Å²) in [6.45, 7) is 6.47. The van der Waals surface area contributed by atoms with Gasteiger partial charge in [0.25, 0.3) is 0 Å². The Hall–Kier alpha value is -3.15. The second-order valence-corrected chi connectivity index (χ2v) is 17.4. The number of carbonyl (C=O) groups is 3. The normalized spacial score (nSPS) is 12.6. The third-order valence-electron chi connectivity index (χ3n) is 11.2. The van der Waals surface area contributed by atoms with Crippen LogP contribution in [0.5, 0.6) is 0 Å². The molecule has 0 aliphatic heterocycles. The van der Waals surface area contributed by atoms with E-state index in [4.69, 9.17) is 14.2 Å². The lowest BCUT2D eigenvalue weighted by Gasteiger charge is -2.18. The lowest BCUT2D eigenvalue weighted by Crippen LogP contribution is -2.30. The number of unbranched alkanes of at least 4 members (excludes halogenated alkanes) is 24. The van der Waals surface area contributed by atoms with Gasteiger partial charge in [0.2, 0.25) is 0 Å². The Bertz CT molecular complexity index is 1190. The van der Waals surface area contributed by atoms with Crippen LogP contribution in [0.25, 0.3) is 0 Å². The summed E-state index contributed by atoms with van der Waals surface area (Å²) in [5.41, 5.74) is 0. The molecular formula is C57H98O6. The highest BCUT2D eigenvalue weighted by molar-refractivity contribution is 5.71. The average molecular weight is 879 g/mol. The zero-order valence-corrected chi connectivity index (χ0v) is 41.3. The van der Waals surface area contributed by atoms with E-state index in [1.54, 1.807) is 0 Å². The molecule has 0 heterocycles. The van der Waals surface area contributed by atoms with Crippen LogP contribution in [0.4, 0.5) is 0 Å². The van der Waals surface area contributed by atoms with E-state index in [0.717, 1.165) is 103 Å². The van der Waals surface area contributed by atoms with Crippen LogP contribution < -0.4 is 0 Å². The molecule has 1 atom stereocenters. The van der Waals surface area contributed by atoms with Crippen molar-refractivity contribution >= 4 is 17.9 Å². The van der Waals surface area contributed by atoms with E-state index in [-0.39, 0.29) is 31.1 Å². The minimum Gasteiger partial charge on any atom is -0.462 e. The summed E-state index contributed by atoms with van der Waals surface area (Å²) in [4.78, 5) is 38.0. The fourth-order valence-corrected chi connectivity index (χ4v) is 7.19. The quantitative estimate of drug-likeness (QED) is 0.0262. The second kappa shape index (κ2) is 51.5. The Morgan fingerprint density at radius 1 is 0.333 bits per heavy atom. The molecule has 6 heteroatoms. The Morgan fingerprint density at radius 3 is 0.984 bits per heavy atom. The van der Waals surface area contributed by atoms with Gasteiger partial charge in [-0.05, 0) is 109 Å². The minimum absolute atomic E-state index is 0.0893. The van der Waals surface area contributed by atoms with E-state index in [1.807, 2.05) is 0 Å². The monoisotopic (exact) mass is 879 g/mol. The van der Waals surface area contributed by atoms with Gasteiger partial charge in [-0.3, -0.25) is 14.4 Å². The van der Waals surface area contributed by atoms with E-state index in [9.17, 15) is 14.4 Å². The second-order valence-electron chi connectivity index (χ2n) is 17.4. The molecule has 0 saturated carbocycles. The van der Waals surface area contributed by atoms with Gasteiger partial charge in [0.1, 0.15) is 13.2 Å². The predicted octanol–water partition coefficient (Wildman–Crippen LogP) is 17.4. The molecule has 0 bridgehead atoms. The molecule has 6 nitrogen and oxygen atoms in total. The van der Waals surface area contributed by atoms with Crippen molar-refractivity contribution in [3.8, 4) is 0 Å². The van der Waals surface area contributed by atoms with Crippen molar-refractivity contribution < 1.29 is 28.6 Å². The lowest BCUT2D eigenvalue weighted by atomic mass is 10.1. The van der Waals surface area contributed by atoms with Crippen molar-refractivity contribution in [1.29, 1.82) is 0 Å². The van der Waals surface area contributed by atoms with E-state index in [1.165, 1.54) is 109 Å². The predicted molar refractivity (Wildman–Crippen MR) is 270 cm³/mol. The summed E-state index contributed by atoms with van der Waals surface area (Å²) in [7, 11) is 0. The minimum atomic E-state index is -0.790. The van der Waals surface area contributed by atoms with E-state index < -0.39 is 6.10 Å². The van der Waals surface area contributed by atoms with Gasteiger partial charge in [0.05, 0.1) is 0 Å². The Morgan fingerprint density at radius 2 is 0.619 bits per heavy atom. The highest BCUT2D eigenvalue weighted by atomic mass is 16.6. The molecule has 0 saturated heterocycles. The van der Waals surface area contributed by atoms with Gasteiger partial charge in [-0.2, -0.15) is 0 Å². The molecule has 0 aliphatic rings. The molecule has 0 rings (SSSR count). The molecule has 0 aromatic heterocycles. The maximum atomic E-state index is 12.8. The van der Waals surface area contributed by atoms with Crippen molar-refractivity contribution in [1.82, 2.24) is 0 Å². The van der Waals surface area contributed by atoms with Gasteiger partial charge in [-0.1, -0.05) is 196 Å². The van der Waals surface area contributed by atoms with Gasteiger partial charge in [-0.15, -0.1) is 0 Å².